The number of ketones is 1. The predicted octanol–water partition coefficient (Wildman–Crippen LogP) is 5.39. The Morgan fingerprint density at radius 2 is 1.47 bits per heavy atom. The minimum Gasteiger partial charge on any atom is -0.493 e. The number of amides is 1. The molecule has 0 saturated carbocycles. The van der Waals surface area contributed by atoms with E-state index in [1.54, 1.807) is 36.4 Å². The first-order valence-corrected chi connectivity index (χ1v) is 15.2. The number of carbonyl (C=O) groups excluding carboxylic acids is 3. The first-order chi connectivity index (χ1) is 22.8. The first kappa shape index (κ1) is 30.2. The summed E-state index contributed by atoms with van der Waals surface area (Å²) in [5.41, 5.74) is 4.09. The zero-order valence-electron chi connectivity index (χ0n) is 26.3. The van der Waals surface area contributed by atoms with Crippen LogP contribution in [0.4, 0.5) is 0 Å². The number of esters is 1. The van der Waals surface area contributed by atoms with Crippen LogP contribution in [-0.4, -0.2) is 52.4 Å². The lowest BCUT2D eigenvalue weighted by molar-refractivity contribution is -0.141. The van der Waals surface area contributed by atoms with E-state index in [9.17, 15) is 14.4 Å². The molecule has 4 aromatic rings. The number of fused-ring (bicyclic) bond motifs is 3. The Hall–Kier alpha value is -5.51. The molecule has 240 valence electrons. The summed E-state index contributed by atoms with van der Waals surface area (Å²) in [6.07, 6.45) is 0. The van der Waals surface area contributed by atoms with Crippen molar-refractivity contribution >= 4 is 17.7 Å². The van der Waals surface area contributed by atoms with Gasteiger partial charge in [-0.1, -0.05) is 42.0 Å². The number of ether oxygens (including phenoxy) is 6. The van der Waals surface area contributed by atoms with E-state index in [-0.39, 0.29) is 36.3 Å². The van der Waals surface area contributed by atoms with Crippen LogP contribution >= 0.6 is 0 Å². The zero-order valence-corrected chi connectivity index (χ0v) is 26.3. The number of methoxy groups -OCH3 is 3. The lowest BCUT2D eigenvalue weighted by Crippen LogP contribution is -2.43. The van der Waals surface area contributed by atoms with E-state index in [1.807, 2.05) is 43.3 Å². The maximum atomic E-state index is 14.2. The maximum absolute atomic E-state index is 14.2. The predicted molar refractivity (Wildman–Crippen MR) is 170 cm³/mol. The highest BCUT2D eigenvalue weighted by molar-refractivity contribution is 6.15. The minimum absolute atomic E-state index is 0.0489. The van der Waals surface area contributed by atoms with Crippen molar-refractivity contribution in [2.24, 2.45) is 11.8 Å². The van der Waals surface area contributed by atoms with Crippen molar-refractivity contribution in [3.63, 3.8) is 0 Å². The van der Waals surface area contributed by atoms with Gasteiger partial charge in [-0.15, -0.1) is 0 Å². The van der Waals surface area contributed by atoms with E-state index in [4.69, 9.17) is 28.4 Å². The third-order valence-corrected chi connectivity index (χ3v) is 9.22. The molecule has 0 bridgehead atoms. The lowest BCUT2D eigenvalue weighted by Gasteiger charge is -2.39. The van der Waals surface area contributed by atoms with Gasteiger partial charge >= 0.3 is 5.97 Å². The van der Waals surface area contributed by atoms with E-state index in [2.05, 4.69) is 5.32 Å². The molecule has 0 aromatic heterocycles. The van der Waals surface area contributed by atoms with Crippen molar-refractivity contribution in [2.75, 3.05) is 34.7 Å². The fourth-order valence-corrected chi connectivity index (χ4v) is 7.04. The van der Waals surface area contributed by atoms with Crippen molar-refractivity contribution in [3.05, 3.63) is 112 Å². The number of cyclic esters (lactones) is 1. The van der Waals surface area contributed by atoms with Gasteiger partial charge < -0.3 is 33.7 Å². The van der Waals surface area contributed by atoms with Gasteiger partial charge in [0.2, 0.25) is 12.5 Å². The van der Waals surface area contributed by atoms with E-state index in [0.29, 0.717) is 34.3 Å². The number of nitrogens with one attached hydrogen (secondary N) is 1. The second kappa shape index (κ2) is 12.0. The molecule has 1 aliphatic carbocycles. The van der Waals surface area contributed by atoms with Gasteiger partial charge in [0.25, 0.3) is 5.91 Å². The molecule has 0 spiro atoms. The molecule has 2 heterocycles. The van der Waals surface area contributed by atoms with Crippen LogP contribution in [0.25, 0.3) is 0 Å². The Kier molecular flexibility index (Phi) is 7.71. The fraction of sp³-hybridized carbons (Fsp3) is 0.270. The molecule has 4 aromatic carbocycles. The van der Waals surface area contributed by atoms with Crippen molar-refractivity contribution in [3.8, 4) is 28.7 Å². The van der Waals surface area contributed by atoms with Crippen molar-refractivity contribution in [2.45, 2.75) is 18.9 Å². The quantitative estimate of drug-likeness (QED) is 0.201. The number of carbonyl (C=O) groups is 3. The molecular weight excluding hydrogens is 602 g/mol. The molecule has 7 rings (SSSR count). The van der Waals surface area contributed by atoms with E-state index in [0.717, 1.165) is 22.3 Å². The number of aryl methyl sites for hydroxylation is 1. The van der Waals surface area contributed by atoms with Crippen LogP contribution in [0.2, 0.25) is 0 Å². The van der Waals surface area contributed by atoms with Crippen LogP contribution in [0.1, 0.15) is 60.5 Å². The van der Waals surface area contributed by atoms with Gasteiger partial charge in [0.1, 0.15) is 0 Å². The Bertz CT molecular complexity index is 1880. The van der Waals surface area contributed by atoms with Gasteiger partial charge in [0.05, 0.1) is 45.5 Å². The Morgan fingerprint density at radius 1 is 0.787 bits per heavy atom. The van der Waals surface area contributed by atoms with Gasteiger partial charge in [-0.3, -0.25) is 14.4 Å². The van der Waals surface area contributed by atoms with Crippen molar-refractivity contribution in [1.82, 2.24) is 5.32 Å². The molecule has 1 amide bonds. The molecule has 1 N–H and O–H groups in total. The second-order valence-electron chi connectivity index (χ2n) is 11.8. The van der Waals surface area contributed by atoms with Crippen LogP contribution in [0.15, 0.2) is 72.8 Å². The molecule has 2 aliphatic heterocycles. The lowest BCUT2D eigenvalue weighted by atomic mass is 9.65. The number of benzene rings is 4. The smallest absolute Gasteiger partial charge is 0.310 e. The Morgan fingerprint density at radius 3 is 2.13 bits per heavy atom. The van der Waals surface area contributed by atoms with Crippen molar-refractivity contribution in [1.29, 1.82) is 0 Å². The average molecular weight is 636 g/mol. The maximum Gasteiger partial charge on any atom is 0.310 e. The highest BCUT2D eigenvalue weighted by Crippen LogP contribution is 2.55. The summed E-state index contributed by atoms with van der Waals surface area (Å²) < 4.78 is 34.1. The molecule has 10 heteroatoms. The monoisotopic (exact) mass is 635 g/mol. The molecule has 47 heavy (non-hydrogen) atoms. The van der Waals surface area contributed by atoms with Gasteiger partial charge in [0, 0.05) is 23.0 Å². The third-order valence-electron chi connectivity index (χ3n) is 9.22. The van der Waals surface area contributed by atoms with Gasteiger partial charge in [0.15, 0.2) is 28.8 Å². The molecular formula is C37H33NO9. The number of hydrogen-bond acceptors (Lipinski definition) is 9. The summed E-state index contributed by atoms with van der Waals surface area (Å²) in [7, 11) is 4.60. The van der Waals surface area contributed by atoms with Crippen LogP contribution in [0.5, 0.6) is 28.7 Å². The van der Waals surface area contributed by atoms with E-state index >= 15 is 0 Å². The Labute approximate surface area is 271 Å². The summed E-state index contributed by atoms with van der Waals surface area (Å²) in [6.45, 7) is 2.01. The number of hydrogen-bond donors (Lipinski definition) is 1. The van der Waals surface area contributed by atoms with Crippen LogP contribution in [-0.2, 0) is 9.53 Å². The largest absolute Gasteiger partial charge is 0.493 e. The first-order valence-electron chi connectivity index (χ1n) is 15.2. The van der Waals surface area contributed by atoms with Gasteiger partial charge in [-0.05, 0) is 60.0 Å². The SMILES string of the molecule is COc1cc([C@@H]2c3cc4c(cc3[C@@H](NC(=O)c3cc(C)ccc3C(=O)c3ccccc3)[C@H]3COC(=O)[C@H]23)OCO4)cc(OC)c1OC. The van der Waals surface area contributed by atoms with E-state index < -0.39 is 29.7 Å². The molecule has 0 unspecified atom stereocenters. The van der Waals surface area contributed by atoms with Crippen LogP contribution < -0.4 is 29.0 Å². The van der Waals surface area contributed by atoms with Gasteiger partial charge in [-0.25, -0.2) is 0 Å². The normalized spacial score (nSPS) is 20.5. The highest BCUT2D eigenvalue weighted by atomic mass is 16.7. The summed E-state index contributed by atoms with van der Waals surface area (Å²) >= 11 is 0. The average Bonchev–Trinajstić information content (AvgIpc) is 3.72. The highest BCUT2D eigenvalue weighted by Gasteiger charge is 2.53. The second-order valence-corrected chi connectivity index (χ2v) is 11.8. The summed E-state index contributed by atoms with van der Waals surface area (Å²) in [4.78, 5) is 41.4. The fourth-order valence-electron chi connectivity index (χ4n) is 7.04. The van der Waals surface area contributed by atoms with Crippen molar-refractivity contribution < 1.29 is 42.8 Å². The molecule has 10 nitrogen and oxygen atoms in total. The summed E-state index contributed by atoms with van der Waals surface area (Å²) in [6, 6.07) is 20.8. The molecule has 4 atom stereocenters. The van der Waals surface area contributed by atoms with Crippen LogP contribution in [0.3, 0.4) is 0 Å². The topological polar surface area (TPSA) is 119 Å². The van der Waals surface area contributed by atoms with E-state index in [1.165, 1.54) is 21.3 Å². The molecule has 3 aliphatic rings. The Balaban J connectivity index is 1.35. The zero-order chi connectivity index (χ0) is 32.8. The van der Waals surface area contributed by atoms with Crippen LogP contribution in [0, 0.1) is 18.8 Å². The minimum atomic E-state index is -0.668. The van der Waals surface area contributed by atoms with Gasteiger partial charge in [-0.2, -0.15) is 0 Å². The number of rotatable bonds is 8. The molecule has 1 fully saturated rings. The standard InChI is InChI=1S/C37H33NO9/c1-19-10-11-22(34(39)20-8-6-5-7-9-20)25(12-19)36(40)38-33-24-16-28-27(46-18-47-28)15-23(24)31(32-26(33)17-45-37(32)41)21-13-29(42-2)35(44-4)30(14-21)43-3/h5-16,26,31-33H,17-18H2,1-4H3,(H,38,40)/t26-,31+,32-,33+/m0/s1. The molecule has 0 radical (unpaired) electrons. The molecule has 1 saturated heterocycles. The summed E-state index contributed by atoms with van der Waals surface area (Å²) in [5.74, 6) is -0.321. The summed E-state index contributed by atoms with van der Waals surface area (Å²) in [5, 5.41) is 3.19. The third kappa shape index (κ3) is 5.10.